The van der Waals surface area contributed by atoms with E-state index in [9.17, 15) is 18.8 Å². The molecule has 0 bridgehead atoms. The van der Waals surface area contributed by atoms with Gasteiger partial charge in [0.05, 0.1) is 12.2 Å². The van der Waals surface area contributed by atoms with E-state index < -0.39 is 18.5 Å². The summed E-state index contributed by atoms with van der Waals surface area (Å²) in [5, 5.41) is 3.22. The number of aromatic nitrogens is 1. The number of ether oxygens (including phenoxy) is 1. The normalized spacial score (nSPS) is 10.4. The van der Waals surface area contributed by atoms with E-state index in [0.717, 1.165) is 17.8 Å². The predicted molar refractivity (Wildman–Crippen MR) is 103 cm³/mol. The minimum Gasteiger partial charge on any atom is -0.451 e. The Bertz CT molecular complexity index is 851. The first-order valence-electron chi connectivity index (χ1n) is 8.73. The summed E-state index contributed by atoms with van der Waals surface area (Å²) in [5.74, 6) is -1.78. The van der Waals surface area contributed by atoms with Gasteiger partial charge in [-0.15, -0.1) is 11.3 Å². The fourth-order valence-corrected chi connectivity index (χ4v) is 3.19. The molecule has 1 aromatic carbocycles. The van der Waals surface area contributed by atoms with Gasteiger partial charge in [-0.25, -0.2) is 14.2 Å². The second kappa shape index (κ2) is 9.93. The molecule has 1 N–H and O–H groups in total. The lowest BCUT2D eigenvalue weighted by molar-refractivity contribution is -0.137. The molecule has 0 saturated heterocycles. The number of esters is 1. The molecule has 0 aliphatic carbocycles. The van der Waals surface area contributed by atoms with E-state index in [0.29, 0.717) is 22.8 Å². The first-order chi connectivity index (χ1) is 13.3. The molecule has 0 saturated carbocycles. The van der Waals surface area contributed by atoms with Crippen LogP contribution < -0.4 is 5.32 Å². The predicted octanol–water partition coefficient (Wildman–Crippen LogP) is 2.40. The number of amides is 2. The zero-order valence-corrected chi connectivity index (χ0v) is 16.8. The topological polar surface area (TPSA) is 88.6 Å². The third-order valence-electron chi connectivity index (χ3n) is 3.78. The van der Waals surface area contributed by atoms with Crippen molar-refractivity contribution in [3.8, 4) is 10.6 Å². The smallest absolute Gasteiger partial charge is 0.350 e. The minimum atomic E-state index is -0.666. The highest BCUT2D eigenvalue weighted by molar-refractivity contribution is 7.17. The lowest BCUT2D eigenvalue weighted by Crippen LogP contribution is -2.40. The fourth-order valence-electron chi connectivity index (χ4n) is 2.23. The molecule has 2 amide bonds. The van der Waals surface area contributed by atoms with E-state index in [-0.39, 0.29) is 23.1 Å². The number of thiazole rings is 1. The Morgan fingerprint density at radius 1 is 1.25 bits per heavy atom. The van der Waals surface area contributed by atoms with Crippen molar-refractivity contribution in [3.63, 3.8) is 0 Å². The molecule has 1 heterocycles. The summed E-state index contributed by atoms with van der Waals surface area (Å²) in [6, 6.07) is 5.78. The summed E-state index contributed by atoms with van der Waals surface area (Å²) < 4.78 is 18.1. The second-order valence-electron chi connectivity index (χ2n) is 6.12. The average molecular weight is 407 g/mol. The Morgan fingerprint density at radius 2 is 1.93 bits per heavy atom. The third kappa shape index (κ3) is 5.85. The zero-order valence-electron chi connectivity index (χ0n) is 16.0. The van der Waals surface area contributed by atoms with Crippen LogP contribution in [-0.4, -0.2) is 54.4 Å². The fraction of sp³-hybridized carbons (Fsp3) is 0.368. The Kier molecular flexibility index (Phi) is 7.62. The molecule has 0 aliphatic heterocycles. The summed E-state index contributed by atoms with van der Waals surface area (Å²) in [4.78, 5) is 41.8. The average Bonchev–Trinajstić information content (AvgIpc) is 3.06. The number of nitrogens with zero attached hydrogens (tertiary/aromatic N) is 2. The Labute approximate surface area is 166 Å². The van der Waals surface area contributed by atoms with Gasteiger partial charge in [-0.2, -0.15) is 0 Å². The van der Waals surface area contributed by atoms with Crippen molar-refractivity contribution in [1.29, 1.82) is 0 Å². The molecule has 0 radical (unpaired) electrons. The van der Waals surface area contributed by atoms with Crippen molar-refractivity contribution in [2.24, 2.45) is 0 Å². The molecule has 1 aromatic heterocycles. The standard InChI is InChI=1S/C19H22FN3O4S/c1-4-9-21-15(24)10-23(3)16(25)11-27-19(26)17-12(2)22-18(28-17)13-5-7-14(20)8-6-13/h5-8H,4,9-11H2,1-3H3,(H,21,24). The lowest BCUT2D eigenvalue weighted by atomic mass is 10.2. The van der Waals surface area contributed by atoms with Crippen LogP contribution >= 0.6 is 11.3 Å². The number of carbonyl (C=O) groups excluding carboxylic acids is 3. The summed E-state index contributed by atoms with van der Waals surface area (Å²) >= 11 is 1.11. The maximum atomic E-state index is 13.0. The van der Waals surface area contributed by atoms with Crippen LogP contribution in [0.4, 0.5) is 4.39 Å². The zero-order chi connectivity index (χ0) is 20.7. The van der Waals surface area contributed by atoms with Gasteiger partial charge >= 0.3 is 5.97 Å². The second-order valence-corrected chi connectivity index (χ2v) is 7.12. The molecule has 7 nitrogen and oxygen atoms in total. The highest BCUT2D eigenvalue weighted by atomic mass is 32.1. The van der Waals surface area contributed by atoms with E-state index in [1.165, 1.54) is 24.1 Å². The van der Waals surface area contributed by atoms with Gasteiger partial charge in [0.15, 0.2) is 6.61 Å². The third-order valence-corrected chi connectivity index (χ3v) is 4.97. The number of carbonyl (C=O) groups is 3. The minimum absolute atomic E-state index is 0.106. The van der Waals surface area contributed by atoms with Crippen molar-refractivity contribution < 1.29 is 23.5 Å². The molecule has 28 heavy (non-hydrogen) atoms. The molecule has 9 heteroatoms. The van der Waals surface area contributed by atoms with Crippen LogP contribution in [0, 0.1) is 12.7 Å². The number of rotatable bonds is 8. The van der Waals surface area contributed by atoms with Crippen LogP contribution in [-0.2, 0) is 14.3 Å². The molecule has 2 rings (SSSR count). The van der Waals surface area contributed by atoms with Crippen LogP contribution in [0.5, 0.6) is 0 Å². The van der Waals surface area contributed by atoms with Gasteiger partial charge in [-0.05, 0) is 37.6 Å². The van der Waals surface area contributed by atoms with Gasteiger partial charge in [0.1, 0.15) is 15.7 Å². The van der Waals surface area contributed by atoms with Gasteiger partial charge in [0, 0.05) is 19.2 Å². The first-order valence-corrected chi connectivity index (χ1v) is 9.54. The van der Waals surface area contributed by atoms with Crippen LogP contribution in [0.1, 0.15) is 28.7 Å². The molecule has 0 unspecified atom stereocenters. The maximum absolute atomic E-state index is 13.0. The molecule has 0 spiro atoms. The van der Waals surface area contributed by atoms with Gasteiger partial charge in [0.25, 0.3) is 5.91 Å². The van der Waals surface area contributed by atoms with Gasteiger partial charge in [0.2, 0.25) is 5.91 Å². The van der Waals surface area contributed by atoms with Crippen molar-refractivity contribution in [2.75, 3.05) is 26.7 Å². The van der Waals surface area contributed by atoms with Crippen LogP contribution in [0.15, 0.2) is 24.3 Å². The van der Waals surface area contributed by atoms with Crippen molar-refractivity contribution >= 4 is 29.1 Å². The Balaban J connectivity index is 1.93. The van der Waals surface area contributed by atoms with E-state index in [4.69, 9.17) is 4.74 Å². The lowest BCUT2D eigenvalue weighted by Gasteiger charge is -2.16. The number of likely N-dealkylation sites (N-methyl/N-ethyl adjacent to an activating group) is 1. The van der Waals surface area contributed by atoms with Crippen LogP contribution in [0.25, 0.3) is 10.6 Å². The molecular weight excluding hydrogens is 385 g/mol. The van der Waals surface area contributed by atoms with E-state index in [1.54, 1.807) is 19.1 Å². The molecule has 0 aliphatic rings. The highest BCUT2D eigenvalue weighted by Crippen LogP contribution is 2.28. The first kappa shape index (κ1) is 21.5. The number of benzene rings is 1. The van der Waals surface area contributed by atoms with E-state index in [1.807, 2.05) is 6.92 Å². The highest BCUT2D eigenvalue weighted by Gasteiger charge is 2.20. The van der Waals surface area contributed by atoms with Gasteiger partial charge in [-0.1, -0.05) is 6.92 Å². The summed E-state index contributed by atoms with van der Waals surface area (Å²) in [6.07, 6.45) is 0.801. The largest absolute Gasteiger partial charge is 0.451 e. The van der Waals surface area contributed by atoms with Crippen molar-refractivity contribution in [1.82, 2.24) is 15.2 Å². The molecule has 150 valence electrons. The van der Waals surface area contributed by atoms with Crippen molar-refractivity contribution in [3.05, 3.63) is 40.7 Å². The Morgan fingerprint density at radius 3 is 2.57 bits per heavy atom. The summed E-state index contributed by atoms with van der Waals surface area (Å²) in [6.45, 7) is 3.55. The summed E-state index contributed by atoms with van der Waals surface area (Å²) in [7, 11) is 1.46. The SMILES string of the molecule is CCCNC(=O)CN(C)C(=O)COC(=O)c1sc(-c2ccc(F)cc2)nc1C. The number of hydrogen-bond donors (Lipinski definition) is 1. The van der Waals surface area contributed by atoms with Crippen LogP contribution in [0.2, 0.25) is 0 Å². The van der Waals surface area contributed by atoms with Crippen LogP contribution in [0.3, 0.4) is 0 Å². The number of aryl methyl sites for hydroxylation is 1. The maximum Gasteiger partial charge on any atom is 0.350 e. The molecular formula is C19H22FN3O4S. The quantitative estimate of drug-likeness (QED) is 0.679. The molecule has 0 fully saturated rings. The number of hydrogen-bond acceptors (Lipinski definition) is 6. The Hall–Kier alpha value is -2.81. The number of nitrogens with one attached hydrogen (secondary N) is 1. The number of halogens is 1. The van der Waals surface area contributed by atoms with Crippen molar-refractivity contribution in [2.45, 2.75) is 20.3 Å². The molecule has 0 atom stereocenters. The van der Waals surface area contributed by atoms with Gasteiger partial charge in [-0.3, -0.25) is 9.59 Å². The monoisotopic (exact) mass is 407 g/mol. The molecule has 2 aromatic rings. The summed E-state index contributed by atoms with van der Waals surface area (Å²) in [5.41, 5.74) is 1.15. The van der Waals surface area contributed by atoms with E-state index >= 15 is 0 Å². The van der Waals surface area contributed by atoms with E-state index in [2.05, 4.69) is 10.3 Å². The van der Waals surface area contributed by atoms with Gasteiger partial charge < -0.3 is 15.0 Å².